The molecule has 0 atom stereocenters. The maximum Gasteiger partial charge on any atom is 0.410 e. The Kier molecular flexibility index (Phi) is 7.81. The second-order valence-electron chi connectivity index (χ2n) is 8.64. The van der Waals surface area contributed by atoms with Gasteiger partial charge in [0.15, 0.2) is 0 Å². The van der Waals surface area contributed by atoms with E-state index in [-0.39, 0.29) is 18.4 Å². The molecule has 0 fully saturated rings. The molecule has 2 aromatic heterocycles. The van der Waals surface area contributed by atoms with E-state index in [1.807, 2.05) is 57.2 Å². The molecule has 0 radical (unpaired) electrons. The normalized spacial score (nSPS) is 11.3. The highest BCUT2D eigenvalue weighted by Crippen LogP contribution is 2.36. The third-order valence-electron chi connectivity index (χ3n) is 4.50. The quantitative estimate of drug-likeness (QED) is 0.426. The van der Waals surface area contributed by atoms with Crippen molar-refractivity contribution in [3.63, 3.8) is 0 Å². The van der Waals surface area contributed by atoms with Crippen LogP contribution < -0.4 is 10.1 Å². The Hall–Kier alpha value is -2.84. The van der Waals surface area contributed by atoms with Crippen LogP contribution in [0.5, 0.6) is 5.75 Å². The number of anilines is 1. The molecule has 0 aliphatic carbocycles. The summed E-state index contributed by atoms with van der Waals surface area (Å²) >= 11 is 7.97. The Balaban J connectivity index is 1.62. The van der Waals surface area contributed by atoms with E-state index < -0.39 is 5.60 Å². The number of thiophene rings is 1. The van der Waals surface area contributed by atoms with Gasteiger partial charge >= 0.3 is 6.09 Å². The molecule has 1 amide bonds. The third-order valence-corrected chi connectivity index (χ3v) is 6.02. The summed E-state index contributed by atoms with van der Waals surface area (Å²) < 4.78 is 12.0. The maximum absolute atomic E-state index is 12.0. The molecule has 9 heteroatoms. The third kappa shape index (κ3) is 7.07. The number of ether oxygens (including phenoxy) is 2. The first-order chi connectivity index (χ1) is 15.5. The zero-order valence-electron chi connectivity index (χ0n) is 19.4. The average Bonchev–Trinajstić information content (AvgIpc) is 3.15. The first-order valence-electron chi connectivity index (χ1n) is 10.5. The number of fused-ring (bicyclic) bond motifs is 1. The van der Waals surface area contributed by atoms with Crippen molar-refractivity contribution < 1.29 is 19.1 Å². The highest BCUT2D eigenvalue weighted by atomic mass is 35.5. The number of amides is 1. The van der Waals surface area contributed by atoms with Crippen LogP contribution in [-0.2, 0) is 9.53 Å². The number of carbonyl (C=O) groups is 2. The number of hydrogen-bond donors (Lipinski definition) is 1. The second-order valence-corrected chi connectivity index (χ2v) is 10.1. The Morgan fingerprint density at radius 1 is 1.18 bits per heavy atom. The fourth-order valence-electron chi connectivity index (χ4n) is 2.88. The highest BCUT2D eigenvalue weighted by Gasteiger charge is 2.19. The molecule has 0 bridgehead atoms. The van der Waals surface area contributed by atoms with E-state index >= 15 is 0 Å². The molecular weight excluding hydrogens is 462 g/mol. The molecule has 33 heavy (non-hydrogen) atoms. The lowest BCUT2D eigenvalue weighted by Gasteiger charge is -2.24. The van der Waals surface area contributed by atoms with Crippen LogP contribution in [0.15, 0.2) is 36.4 Å². The van der Waals surface area contributed by atoms with Gasteiger partial charge in [-0.2, -0.15) is 0 Å². The van der Waals surface area contributed by atoms with Gasteiger partial charge in [0.2, 0.25) is 0 Å². The summed E-state index contributed by atoms with van der Waals surface area (Å²) in [5, 5.41) is 4.56. The molecule has 0 unspecified atom stereocenters. The lowest BCUT2D eigenvalue weighted by atomic mass is 10.1. The average molecular weight is 490 g/mol. The largest absolute Gasteiger partial charge is 0.492 e. The summed E-state index contributed by atoms with van der Waals surface area (Å²) in [6.07, 6.45) is -0.382. The van der Waals surface area contributed by atoms with E-state index in [2.05, 4.69) is 5.32 Å². The number of halogens is 1. The number of benzene rings is 1. The molecule has 1 aromatic carbocycles. The number of nitrogens with one attached hydrogen (secondary N) is 1. The van der Waals surface area contributed by atoms with Gasteiger partial charge < -0.3 is 19.7 Å². The standard InChI is InChI=1S/C24H28ClN3O4S/c1-15(29)14-26-21-13-20-22(33-21)18(25)12-19(27-20)16-6-8-17(9-7-16)31-11-10-28(5)23(30)32-24(2,3)4/h6-9,12-13,26H,10-11,14H2,1-5H3. The molecule has 0 aliphatic heterocycles. The van der Waals surface area contributed by atoms with E-state index in [1.165, 1.54) is 23.2 Å². The summed E-state index contributed by atoms with van der Waals surface area (Å²) in [6.45, 7) is 8.06. The van der Waals surface area contributed by atoms with E-state index in [9.17, 15) is 9.59 Å². The van der Waals surface area contributed by atoms with Gasteiger partial charge in [0, 0.05) is 12.6 Å². The minimum atomic E-state index is -0.530. The number of likely N-dealkylation sites (N-methyl/N-ethyl adjacent to an activating group) is 1. The van der Waals surface area contributed by atoms with E-state index in [0.717, 1.165) is 26.5 Å². The van der Waals surface area contributed by atoms with Gasteiger partial charge in [0.25, 0.3) is 0 Å². The topological polar surface area (TPSA) is 80.8 Å². The molecule has 1 N–H and O–H groups in total. The van der Waals surface area contributed by atoms with Gasteiger partial charge in [-0.25, -0.2) is 9.78 Å². The first-order valence-corrected chi connectivity index (χ1v) is 11.7. The van der Waals surface area contributed by atoms with Crippen LogP contribution in [0.4, 0.5) is 9.80 Å². The van der Waals surface area contributed by atoms with Crippen molar-refractivity contribution in [1.29, 1.82) is 0 Å². The maximum atomic E-state index is 12.0. The number of hydrogen-bond acceptors (Lipinski definition) is 7. The minimum absolute atomic E-state index is 0.0611. The van der Waals surface area contributed by atoms with Gasteiger partial charge in [-0.15, -0.1) is 11.3 Å². The second kappa shape index (κ2) is 10.4. The van der Waals surface area contributed by atoms with Crippen LogP contribution in [0, 0.1) is 0 Å². The van der Waals surface area contributed by atoms with Gasteiger partial charge in [-0.05, 0) is 64.1 Å². The highest BCUT2D eigenvalue weighted by molar-refractivity contribution is 7.23. The number of nitrogens with zero attached hydrogens (tertiary/aromatic N) is 2. The van der Waals surface area contributed by atoms with Crippen molar-refractivity contribution in [2.45, 2.75) is 33.3 Å². The molecule has 176 valence electrons. The summed E-state index contributed by atoms with van der Waals surface area (Å²) in [5.41, 5.74) is 1.90. The Morgan fingerprint density at radius 2 is 1.88 bits per heavy atom. The molecule has 7 nitrogen and oxygen atoms in total. The van der Waals surface area contributed by atoms with Crippen molar-refractivity contribution in [2.75, 3.05) is 32.1 Å². The molecule has 2 heterocycles. The first kappa shape index (κ1) is 24.8. The van der Waals surface area contributed by atoms with E-state index in [1.54, 1.807) is 7.05 Å². The number of carbonyl (C=O) groups excluding carboxylic acids is 2. The number of Topliss-reactive ketones (excluding diaryl/α,β-unsaturated/α-hetero) is 1. The predicted molar refractivity (Wildman–Crippen MR) is 134 cm³/mol. The molecule has 0 aliphatic rings. The van der Waals surface area contributed by atoms with Crippen LogP contribution >= 0.6 is 22.9 Å². The Morgan fingerprint density at radius 3 is 2.52 bits per heavy atom. The summed E-state index contributed by atoms with van der Waals surface area (Å²) in [5.74, 6) is 0.751. The lowest BCUT2D eigenvalue weighted by Crippen LogP contribution is -2.36. The van der Waals surface area contributed by atoms with Gasteiger partial charge in [0.05, 0.1) is 39.0 Å². The molecule has 0 saturated heterocycles. The fraction of sp³-hybridized carbons (Fsp3) is 0.375. The number of aromatic nitrogens is 1. The molecule has 3 aromatic rings. The van der Waals surface area contributed by atoms with Gasteiger partial charge in [-0.3, -0.25) is 4.79 Å². The van der Waals surface area contributed by atoms with E-state index in [0.29, 0.717) is 23.9 Å². The summed E-state index contributed by atoms with van der Waals surface area (Å²) in [6, 6.07) is 11.3. The fourth-order valence-corrected chi connectivity index (χ4v) is 4.10. The zero-order chi connectivity index (χ0) is 24.2. The lowest BCUT2D eigenvalue weighted by molar-refractivity contribution is -0.115. The number of rotatable bonds is 8. The Bertz CT molecular complexity index is 1140. The van der Waals surface area contributed by atoms with Gasteiger partial charge in [0.1, 0.15) is 23.7 Å². The SMILES string of the molecule is CC(=O)CNc1cc2nc(-c3ccc(OCCN(C)C(=O)OC(C)(C)C)cc3)cc(Cl)c2s1. The van der Waals surface area contributed by atoms with E-state index in [4.69, 9.17) is 26.1 Å². The van der Waals surface area contributed by atoms with Crippen LogP contribution in [0.25, 0.3) is 21.5 Å². The summed E-state index contributed by atoms with van der Waals surface area (Å²) in [4.78, 5) is 29.4. The van der Waals surface area contributed by atoms with Gasteiger partial charge in [-0.1, -0.05) is 11.6 Å². The van der Waals surface area contributed by atoms with Crippen molar-refractivity contribution >= 4 is 50.0 Å². The minimum Gasteiger partial charge on any atom is -0.492 e. The van der Waals surface area contributed by atoms with Crippen molar-refractivity contribution in [3.8, 4) is 17.0 Å². The van der Waals surface area contributed by atoms with Crippen LogP contribution in [0.3, 0.4) is 0 Å². The molecule has 0 spiro atoms. The van der Waals surface area contributed by atoms with Crippen LogP contribution in [0.1, 0.15) is 27.7 Å². The smallest absolute Gasteiger partial charge is 0.410 e. The Labute approximate surface area is 202 Å². The van der Waals surface area contributed by atoms with Crippen LogP contribution in [-0.4, -0.2) is 54.1 Å². The monoisotopic (exact) mass is 489 g/mol. The van der Waals surface area contributed by atoms with Crippen molar-refractivity contribution in [2.24, 2.45) is 0 Å². The zero-order valence-corrected chi connectivity index (χ0v) is 21.0. The molecular formula is C24H28ClN3O4S. The molecule has 3 rings (SSSR count). The molecule has 0 saturated carbocycles. The summed E-state index contributed by atoms with van der Waals surface area (Å²) in [7, 11) is 1.68. The van der Waals surface area contributed by atoms with Crippen molar-refractivity contribution in [3.05, 3.63) is 41.4 Å². The number of ketones is 1. The van der Waals surface area contributed by atoms with Crippen molar-refractivity contribution in [1.82, 2.24) is 9.88 Å². The predicted octanol–water partition coefficient (Wildman–Crippen LogP) is 5.86. The van der Waals surface area contributed by atoms with Crippen LogP contribution in [0.2, 0.25) is 5.02 Å². The number of pyridine rings is 1.